The number of amides is 2. The number of hydrogen-bond donors (Lipinski definition) is 2. The lowest BCUT2D eigenvalue weighted by atomic mass is 9.77. The second-order valence-corrected chi connectivity index (χ2v) is 8.29. The van der Waals surface area contributed by atoms with E-state index >= 15 is 0 Å². The summed E-state index contributed by atoms with van der Waals surface area (Å²) in [5, 5.41) is 6.31. The van der Waals surface area contributed by atoms with Crippen molar-refractivity contribution in [1.29, 1.82) is 0 Å². The Hall–Kier alpha value is -1.91. The standard InChI is InChI=1S/C22H33N3O2/c1-16(26)25-21(20-9-5-6-14-23-20)18-12-10-17(11-13-18)15-24-22(27)19-7-3-2-4-8-19/h5-6,9,14,17-19,21H,2-4,7-8,10-13,15H2,1H3,(H,24,27)(H,25,26)/t17?,18?,21-/m1/s1. The molecule has 1 atom stereocenters. The molecule has 0 spiro atoms. The van der Waals surface area contributed by atoms with E-state index in [1.54, 1.807) is 13.1 Å². The van der Waals surface area contributed by atoms with E-state index in [0.29, 0.717) is 11.8 Å². The molecule has 5 heteroatoms. The SMILES string of the molecule is CC(=O)N[C@@H](c1ccccn1)C1CCC(CNC(=O)C2CCCCC2)CC1. The Bertz CT molecular complexity index is 605. The third kappa shape index (κ3) is 5.78. The predicted molar refractivity (Wildman–Crippen MR) is 106 cm³/mol. The highest BCUT2D eigenvalue weighted by Gasteiger charge is 2.30. The van der Waals surface area contributed by atoms with Crippen molar-refractivity contribution < 1.29 is 9.59 Å². The van der Waals surface area contributed by atoms with Gasteiger partial charge in [-0.2, -0.15) is 0 Å². The van der Waals surface area contributed by atoms with E-state index in [-0.39, 0.29) is 23.8 Å². The summed E-state index contributed by atoms with van der Waals surface area (Å²) in [7, 11) is 0. The fourth-order valence-corrected chi connectivity index (χ4v) is 4.69. The number of pyridine rings is 1. The molecule has 2 aliphatic carbocycles. The molecule has 5 nitrogen and oxygen atoms in total. The molecule has 0 bridgehead atoms. The summed E-state index contributed by atoms with van der Waals surface area (Å²) in [5.74, 6) is 1.46. The molecule has 1 aromatic rings. The van der Waals surface area contributed by atoms with E-state index in [4.69, 9.17) is 0 Å². The lowest BCUT2D eigenvalue weighted by Crippen LogP contribution is -2.38. The van der Waals surface area contributed by atoms with Crippen LogP contribution in [0.4, 0.5) is 0 Å². The van der Waals surface area contributed by atoms with Gasteiger partial charge in [0, 0.05) is 25.6 Å². The molecule has 2 aliphatic rings. The lowest BCUT2D eigenvalue weighted by molar-refractivity contribution is -0.126. The minimum absolute atomic E-state index is 0.00692. The summed E-state index contributed by atoms with van der Waals surface area (Å²) in [5.41, 5.74) is 0.946. The van der Waals surface area contributed by atoms with Gasteiger partial charge in [0.1, 0.15) is 0 Å². The Morgan fingerprint density at radius 2 is 1.81 bits per heavy atom. The first kappa shape index (κ1) is 19.8. The number of rotatable bonds is 6. The Labute approximate surface area is 162 Å². The first-order valence-corrected chi connectivity index (χ1v) is 10.6. The molecule has 0 aromatic carbocycles. The van der Waals surface area contributed by atoms with E-state index in [9.17, 15) is 9.59 Å². The molecule has 148 valence electrons. The number of aromatic nitrogens is 1. The minimum Gasteiger partial charge on any atom is -0.356 e. The highest BCUT2D eigenvalue weighted by Crippen LogP contribution is 2.36. The summed E-state index contributed by atoms with van der Waals surface area (Å²) in [6.07, 6.45) is 11.9. The van der Waals surface area contributed by atoms with Crippen LogP contribution in [0, 0.1) is 17.8 Å². The minimum atomic E-state index is -0.0125. The van der Waals surface area contributed by atoms with Gasteiger partial charge in [-0.15, -0.1) is 0 Å². The summed E-state index contributed by atoms with van der Waals surface area (Å²) < 4.78 is 0. The highest BCUT2D eigenvalue weighted by atomic mass is 16.2. The Balaban J connectivity index is 1.48. The molecular weight excluding hydrogens is 338 g/mol. The van der Waals surface area contributed by atoms with Crippen LogP contribution in [0.2, 0.25) is 0 Å². The van der Waals surface area contributed by atoms with Gasteiger partial charge in [-0.25, -0.2) is 0 Å². The second-order valence-electron chi connectivity index (χ2n) is 8.29. The number of carbonyl (C=O) groups is 2. The van der Waals surface area contributed by atoms with Crippen LogP contribution in [-0.4, -0.2) is 23.3 Å². The largest absolute Gasteiger partial charge is 0.356 e. The lowest BCUT2D eigenvalue weighted by Gasteiger charge is -2.34. The molecule has 0 unspecified atom stereocenters. The highest BCUT2D eigenvalue weighted by molar-refractivity contribution is 5.78. The summed E-state index contributed by atoms with van der Waals surface area (Å²) in [6, 6.07) is 5.86. The third-order valence-corrected chi connectivity index (χ3v) is 6.27. The van der Waals surface area contributed by atoms with Crippen molar-refractivity contribution in [1.82, 2.24) is 15.6 Å². The quantitative estimate of drug-likeness (QED) is 0.800. The summed E-state index contributed by atoms with van der Waals surface area (Å²) >= 11 is 0. The van der Waals surface area contributed by atoms with Crippen LogP contribution in [0.5, 0.6) is 0 Å². The van der Waals surface area contributed by atoms with Gasteiger partial charge < -0.3 is 10.6 Å². The Morgan fingerprint density at radius 1 is 1.07 bits per heavy atom. The molecule has 2 N–H and O–H groups in total. The molecule has 0 saturated heterocycles. The van der Waals surface area contributed by atoms with Crippen LogP contribution in [0.3, 0.4) is 0 Å². The van der Waals surface area contributed by atoms with Crippen molar-refractivity contribution in [2.45, 2.75) is 70.8 Å². The van der Waals surface area contributed by atoms with E-state index in [2.05, 4.69) is 15.6 Å². The van der Waals surface area contributed by atoms with Gasteiger partial charge in [-0.05, 0) is 62.5 Å². The van der Waals surface area contributed by atoms with Crippen LogP contribution in [0.1, 0.15) is 76.4 Å². The molecule has 2 amide bonds. The zero-order chi connectivity index (χ0) is 19.1. The van der Waals surface area contributed by atoms with E-state index in [1.165, 1.54) is 19.3 Å². The van der Waals surface area contributed by atoms with Gasteiger partial charge in [0.2, 0.25) is 11.8 Å². The van der Waals surface area contributed by atoms with Gasteiger partial charge >= 0.3 is 0 Å². The zero-order valence-electron chi connectivity index (χ0n) is 16.5. The molecule has 3 rings (SSSR count). The molecule has 1 aromatic heterocycles. The second kappa shape index (κ2) is 9.86. The third-order valence-electron chi connectivity index (χ3n) is 6.27. The number of carbonyl (C=O) groups excluding carboxylic acids is 2. The monoisotopic (exact) mass is 371 g/mol. The molecule has 0 radical (unpaired) electrons. The van der Waals surface area contributed by atoms with E-state index in [0.717, 1.165) is 50.8 Å². The average molecular weight is 372 g/mol. The van der Waals surface area contributed by atoms with Crippen LogP contribution >= 0.6 is 0 Å². The molecule has 2 fully saturated rings. The molecule has 2 saturated carbocycles. The number of nitrogens with zero attached hydrogens (tertiary/aromatic N) is 1. The normalized spacial score (nSPS) is 24.8. The van der Waals surface area contributed by atoms with Crippen molar-refractivity contribution >= 4 is 11.8 Å². The average Bonchev–Trinajstić information content (AvgIpc) is 2.72. The van der Waals surface area contributed by atoms with E-state index < -0.39 is 0 Å². The zero-order valence-corrected chi connectivity index (χ0v) is 16.5. The van der Waals surface area contributed by atoms with Crippen molar-refractivity contribution in [3.05, 3.63) is 30.1 Å². The van der Waals surface area contributed by atoms with Crippen molar-refractivity contribution in [2.75, 3.05) is 6.54 Å². The number of hydrogen-bond acceptors (Lipinski definition) is 3. The van der Waals surface area contributed by atoms with Crippen LogP contribution in [-0.2, 0) is 9.59 Å². The van der Waals surface area contributed by atoms with Gasteiger partial charge in [0.15, 0.2) is 0 Å². The van der Waals surface area contributed by atoms with Crippen LogP contribution in [0.15, 0.2) is 24.4 Å². The maximum absolute atomic E-state index is 12.4. The summed E-state index contributed by atoms with van der Waals surface area (Å²) in [6.45, 7) is 2.37. The maximum Gasteiger partial charge on any atom is 0.223 e. The smallest absolute Gasteiger partial charge is 0.223 e. The van der Waals surface area contributed by atoms with Gasteiger partial charge in [0.25, 0.3) is 0 Å². The Kier molecular flexibility index (Phi) is 7.25. The summed E-state index contributed by atoms with van der Waals surface area (Å²) in [4.78, 5) is 28.5. The van der Waals surface area contributed by atoms with Crippen molar-refractivity contribution in [3.8, 4) is 0 Å². The van der Waals surface area contributed by atoms with Crippen LogP contribution < -0.4 is 10.6 Å². The first-order chi connectivity index (χ1) is 13.1. The fraction of sp³-hybridized carbons (Fsp3) is 0.682. The molecule has 0 aliphatic heterocycles. The number of nitrogens with one attached hydrogen (secondary N) is 2. The molecule has 1 heterocycles. The van der Waals surface area contributed by atoms with Crippen molar-refractivity contribution in [3.63, 3.8) is 0 Å². The van der Waals surface area contributed by atoms with Crippen molar-refractivity contribution in [2.24, 2.45) is 17.8 Å². The topological polar surface area (TPSA) is 71.1 Å². The maximum atomic E-state index is 12.4. The van der Waals surface area contributed by atoms with Gasteiger partial charge in [-0.1, -0.05) is 25.3 Å². The predicted octanol–water partition coefficient (Wildman–Crippen LogP) is 3.76. The van der Waals surface area contributed by atoms with Gasteiger partial charge in [-0.3, -0.25) is 14.6 Å². The van der Waals surface area contributed by atoms with Gasteiger partial charge in [0.05, 0.1) is 11.7 Å². The first-order valence-electron chi connectivity index (χ1n) is 10.6. The fourth-order valence-electron chi connectivity index (χ4n) is 4.69. The van der Waals surface area contributed by atoms with Crippen LogP contribution in [0.25, 0.3) is 0 Å². The van der Waals surface area contributed by atoms with E-state index in [1.807, 2.05) is 18.2 Å². The molecule has 27 heavy (non-hydrogen) atoms. The Morgan fingerprint density at radius 3 is 2.44 bits per heavy atom. The molecular formula is C22H33N3O2.